The summed E-state index contributed by atoms with van der Waals surface area (Å²) in [6, 6.07) is -1.17. The van der Waals surface area contributed by atoms with E-state index >= 15 is 0 Å². The monoisotopic (exact) mass is 237 g/mol. The Kier molecular flexibility index (Phi) is 3.48. The topological polar surface area (TPSA) is 52.3 Å². The number of carbonyl (C=O) groups excluding carboxylic acids is 1. The van der Waals surface area contributed by atoms with Crippen molar-refractivity contribution in [3.8, 4) is 5.75 Å². The molecule has 0 heterocycles. The molecule has 0 aromatic heterocycles. The molecule has 7 heteroatoms. The van der Waals surface area contributed by atoms with Crippen molar-refractivity contribution in [2.75, 3.05) is 0 Å². The van der Waals surface area contributed by atoms with E-state index in [4.69, 9.17) is 5.73 Å². The Hall–Kier alpha value is -1.63. The van der Waals surface area contributed by atoms with Crippen molar-refractivity contribution in [1.82, 2.24) is 0 Å². The molecule has 3 nitrogen and oxygen atoms in total. The standard InChI is InChI=1S/C9H7F4NO2/c1-3(14)9(15)16-8-6(12)4(10)2-5(11)7(8)13/h2-3H,14H2,1H3. The van der Waals surface area contributed by atoms with E-state index in [1.165, 1.54) is 6.92 Å². The molecule has 1 rings (SSSR count). The van der Waals surface area contributed by atoms with Gasteiger partial charge in [0.25, 0.3) is 0 Å². The van der Waals surface area contributed by atoms with Crippen molar-refractivity contribution >= 4 is 5.97 Å². The van der Waals surface area contributed by atoms with Crippen LogP contribution in [0.2, 0.25) is 0 Å². The van der Waals surface area contributed by atoms with Crippen molar-refractivity contribution in [1.29, 1.82) is 0 Å². The number of nitrogens with two attached hydrogens (primary N) is 1. The lowest BCUT2D eigenvalue weighted by molar-refractivity contribution is -0.135. The maximum atomic E-state index is 13.0. The maximum Gasteiger partial charge on any atom is 0.328 e. The molecule has 0 amide bonds. The molecule has 1 aromatic rings. The minimum Gasteiger partial charge on any atom is -0.419 e. The van der Waals surface area contributed by atoms with Gasteiger partial charge in [-0.1, -0.05) is 0 Å². The molecular formula is C9H7F4NO2. The summed E-state index contributed by atoms with van der Waals surface area (Å²) >= 11 is 0. The van der Waals surface area contributed by atoms with Crippen LogP contribution >= 0.6 is 0 Å². The molecule has 0 saturated heterocycles. The summed E-state index contributed by atoms with van der Waals surface area (Å²) in [6.07, 6.45) is 0. The first-order valence-corrected chi connectivity index (χ1v) is 4.15. The zero-order valence-corrected chi connectivity index (χ0v) is 8.06. The first-order valence-electron chi connectivity index (χ1n) is 4.15. The third-order valence-electron chi connectivity index (χ3n) is 1.65. The summed E-state index contributed by atoms with van der Waals surface area (Å²) in [5, 5.41) is 0. The Morgan fingerprint density at radius 1 is 1.25 bits per heavy atom. The van der Waals surface area contributed by atoms with Crippen molar-refractivity contribution in [3.63, 3.8) is 0 Å². The van der Waals surface area contributed by atoms with E-state index in [1.54, 1.807) is 0 Å². The van der Waals surface area contributed by atoms with Crippen molar-refractivity contribution in [2.24, 2.45) is 5.73 Å². The first kappa shape index (κ1) is 12.4. The lowest BCUT2D eigenvalue weighted by Crippen LogP contribution is -2.31. The number of carbonyl (C=O) groups is 1. The first-order chi connectivity index (χ1) is 7.34. The van der Waals surface area contributed by atoms with Crippen molar-refractivity contribution in [2.45, 2.75) is 13.0 Å². The van der Waals surface area contributed by atoms with E-state index in [0.29, 0.717) is 0 Å². The number of esters is 1. The maximum absolute atomic E-state index is 13.0. The number of rotatable bonds is 2. The van der Waals surface area contributed by atoms with E-state index in [-0.39, 0.29) is 6.07 Å². The van der Waals surface area contributed by atoms with Gasteiger partial charge < -0.3 is 10.5 Å². The van der Waals surface area contributed by atoms with Gasteiger partial charge in [-0.15, -0.1) is 0 Å². The molecule has 2 N–H and O–H groups in total. The van der Waals surface area contributed by atoms with Crippen LogP contribution < -0.4 is 10.5 Å². The largest absolute Gasteiger partial charge is 0.419 e. The predicted molar refractivity (Wildman–Crippen MR) is 45.6 cm³/mol. The third-order valence-corrected chi connectivity index (χ3v) is 1.65. The molecule has 0 aliphatic heterocycles. The Morgan fingerprint density at radius 2 is 1.69 bits per heavy atom. The highest BCUT2D eigenvalue weighted by molar-refractivity contribution is 5.77. The summed E-state index contributed by atoms with van der Waals surface area (Å²) in [7, 11) is 0. The van der Waals surface area contributed by atoms with Crippen LogP contribution in [0.3, 0.4) is 0 Å². The fourth-order valence-electron chi connectivity index (χ4n) is 0.834. The van der Waals surface area contributed by atoms with E-state index in [1.807, 2.05) is 0 Å². The van der Waals surface area contributed by atoms with Crippen LogP contribution in [-0.2, 0) is 4.79 Å². The average Bonchev–Trinajstić information content (AvgIpc) is 2.21. The number of ether oxygens (including phenoxy) is 1. The molecule has 88 valence electrons. The lowest BCUT2D eigenvalue weighted by Gasteiger charge is -2.09. The van der Waals surface area contributed by atoms with Gasteiger partial charge in [-0.05, 0) is 6.92 Å². The summed E-state index contributed by atoms with van der Waals surface area (Å²) in [5.41, 5.74) is 5.05. The van der Waals surface area contributed by atoms with Gasteiger partial charge in [0.05, 0.1) is 0 Å². The Bertz CT molecular complexity index is 408. The molecule has 0 saturated carbocycles. The second-order valence-corrected chi connectivity index (χ2v) is 3.01. The molecule has 0 aliphatic carbocycles. The number of hydrogen-bond donors (Lipinski definition) is 1. The molecule has 1 atom stereocenters. The molecule has 1 unspecified atom stereocenters. The van der Waals surface area contributed by atoms with E-state index < -0.39 is 41.0 Å². The minimum absolute atomic E-state index is 0.00781. The van der Waals surface area contributed by atoms with Gasteiger partial charge in [0.1, 0.15) is 6.04 Å². The molecule has 0 bridgehead atoms. The zero-order chi connectivity index (χ0) is 12.5. The Labute approximate surface area is 87.8 Å². The quantitative estimate of drug-likeness (QED) is 0.367. The second kappa shape index (κ2) is 4.48. The summed E-state index contributed by atoms with van der Waals surface area (Å²) < 4.78 is 55.4. The van der Waals surface area contributed by atoms with Gasteiger partial charge in [0, 0.05) is 6.07 Å². The highest BCUT2D eigenvalue weighted by atomic mass is 19.2. The number of hydrogen-bond acceptors (Lipinski definition) is 3. The third kappa shape index (κ3) is 2.30. The van der Waals surface area contributed by atoms with Crippen LogP contribution in [0.25, 0.3) is 0 Å². The van der Waals surface area contributed by atoms with Gasteiger partial charge in [-0.3, -0.25) is 0 Å². The van der Waals surface area contributed by atoms with Gasteiger partial charge in [0.2, 0.25) is 17.4 Å². The molecule has 16 heavy (non-hydrogen) atoms. The van der Waals surface area contributed by atoms with E-state index in [2.05, 4.69) is 4.74 Å². The normalized spacial score (nSPS) is 12.4. The highest BCUT2D eigenvalue weighted by Crippen LogP contribution is 2.26. The summed E-state index contributed by atoms with van der Waals surface area (Å²) in [6.45, 7) is 1.19. The number of halogens is 4. The SMILES string of the molecule is CC(N)C(=O)Oc1c(F)c(F)cc(F)c1F. The summed E-state index contributed by atoms with van der Waals surface area (Å²) in [5.74, 6) is -9.53. The fraction of sp³-hybridized carbons (Fsp3) is 0.222. The van der Waals surface area contributed by atoms with Crippen LogP contribution in [0.5, 0.6) is 5.75 Å². The molecule has 0 spiro atoms. The molecule has 0 radical (unpaired) electrons. The van der Waals surface area contributed by atoms with Gasteiger partial charge >= 0.3 is 5.97 Å². The van der Waals surface area contributed by atoms with Crippen molar-refractivity contribution in [3.05, 3.63) is 29.3 Å². The van der Waals surface area contributed by atoms with Crippen LogP contribution in [0.1, 0.15) is 6.92 Å². The fourth-order valence-corrected chi connectivity index (χ4v) is 0.834. The highest BCUT2D eigenvalue weighted by Gasteiger charge is 2.23. The smallest absolute Gasteiger partial charge is 0.328 e. The van der Waals surface area contributed by atoms with Crippen LogP contribution in [-0.4, -0.2) is 12.0 Å². The van der Waals surface area contributed by atoms with E-state index in [9.17, 15) is 22.4 Å². The van der Waals surface area contributed by atoms with Gasteiger partial charge in [-0.2, -0.15) is 8.78 Å². The average molecular weight is 237 g/mol. The summed E-state index contributed by atoms with van der Waals surface area (Å²) in [4.78, 5) is 10.9. The van der Waals surface area contributed by atoms with Crippen LogP contribution in [0, 0.1) is 23.3 Å². The second-order valence-electron chi connectivity index (χ2n) is 3.01. The van der Waals surface area contributed by atoms with Crippen LogP contribution in [0.15, 0.2) is 6.07 Å². The number of benzene rings is 1. The van der Waals surface area contributed by atoms with Crippen LogP contribution in [0.4, 0.5) is 17.6 Å². The Balaban J connectivity index is 3.18. The molecule has 1 aromatic carbocycles. The van der Waals surface area contributed by atoms with Gasteiger partial charge in [0.15, 0.2) is 11.6 Å². The zero-order valence-electron chi connectivity index (χ0n) is 8.06. The van der Waals surface area contributed by atoms with E-state index in [0.717, 1.165) is 0 Å². The minimum atomic E-state index is -1.78. The van der Waals surface area contributed by atoms with Gasteiger partial charge in [-0.25, -0.2) is 13.6 Å². The lowest BCUT2D eigenvalue weighted by atomic mass is 10.3. The molecule has 0 aliphatic rings. The molecule has 0 fully saturated rings. The predicted octanol–water partition coefficient (Wildman–Crippen LogP) is 1.50. The molecular weight excluding hydrogens is 230 g/mol. The van der Waals surface area contributed by atoms with Crippen molar-refractivity contribution < 1.29 is 27.1 Å². The Morgan fingerprint density at radius 3 is 2.06 bits per heavy atom.